The number of sulfonamides is 1. The standard InChI is InChI=1S/C13H21N3O4S/c1-4-10-7-5-6-8-16(10)21(19,20)11-9-14(2)13(18)15(3)12(11)17/h9-10H,4-8H2,1-3H3/t10-/m1/s1. The first-order valence-corrected chi connectivity index (χ1v) is 8.53. The van der Waals surface area contributed by atoms with Gasteiger partial charge in [0.15, 0.2) is 4.90 Å². The first-order chi connectivity index (χ1) is 9.80. The third-order valence-corrected chi connectivity index (χ3v) is 5.98. The molecule has 2 rings (SSSR count). The van der Waals surface area contributed by atoms with Gasteiger partial charge in [0, 0.05) is 32.9 Å². The number of aryl methyl sites for hydroxylation is 1. The Morgan fingerprint density at radius 3 is 2.52 bits per heavy atom. The molecular weight excluding hydrogens is 294 g/mol. The molecule has 2 heterocycles. The molecule has 1 aliphatic heterocycles. The maximum atomic E-state index is 12.8. The van der Waals surface area contributed by atoms with Crippen molar-refractivity contribution in [3.63, 3.8) is 0 Å². The third-order valence-electron chi connectivity index (χ3n) is 4.05. The van der Waals surface area contributed by atoms with E-state index in [1.54, 1.807) is 0 Å². The van der Waals surface area contributed by atoms with Crippen molar-refractivity contribution >= 4 is 10.0 Å². The minimum absolute atomic E-state index is 0.0781. The highest BCUT2D eigenvalue weighted by Crippen LogP contribution is 2.25. The summed E-state index contributed by atoms with van der Waals surface area (Å²) in [4.78, 5) is 23.5. The van der Waals surface area contributed by atoms with Crippen LogP contribution < -0.4 is 11.2 Å². The smallest absolute Gasteiger partial charge is 0.302 e. The summed E-state index contributed by atoms with van der Waals surface area (Å²) in [6.45, 7) is 2.37. The fourth-order valence-corrected chi connectivity index (χ4v) is 4.69. The zero-order valence-corrected chi connectivity index (χ0v) is 13.4. The van der Waals surface area contributed by atoms with Gasteiger partial charge in [-0.2, -0.15) is 4.31 Å². The SMILES string of the molecule is CC[C@@H]1CCCCN1S(=O)(=O)c1cn(C)c(=O)n(C)c1=O. The molecule has 1 fully saturated rings. The topological polar surface area (TPSA) is 81.4 Å². The maximum absolute atomic E-state index is 12.8. The van der Waals surface area contributed by atoms with Gasteiger partial charge in [0.2, 0.25) is 10.0 Å². The van der Waals surface area contributed by atoms with Crippen LogP contribution in [0.2, 0.25) is 0 Å². The molecule has 0 amide bonds. The highest BCUT2D eigenvalue weighted by atomic mass is 32.2. The first-order valence-electron chi connectivity index (χ1n) is 7.09. The molecule has 1 saturated heterocycles. The summed E-state index contributed by atoms with van der Waals surface area (Å²) >= 11 is 0. The Bertz CT molecular complexity index is 748. The van der Waals surface area contributed by atoms with Crippen molar-refractivity contribution in [2.45, 2.75) is 43.5 Å². The predicted octanol–water partition coefficient (Wildman–Crippen LogP) is 0.0372. The third kappa shape index (κ3) is 2.69. The summed E-state index contributed by atoms with van der Waals surface area (Å²) in [7, 11) is -1.15. The van der Waals surface area contributed by atoms with E-state index in [2.05, 4.69) is 0 Å². The molecule has 0 spiro atoms. The van der Waals surface area contributed by atoms with Gasteiger partial charge in [-0.15, -0.1) is 0 Å². The highest BCUT2D eigenvalue weighted by molar-refractivity contribution is 7.89. The van der Waals surface area contributed by atoms with E-state index in [0.29, 0.717) is 13.0 Å². The Labute approximate surface area is 123 Å². The molecule has 0 bridgehead atoms. The monoisotopic (exact) mass is 315 g/mol. The molecule has 0 aliphatic carbocycles. The van der Waals surface area contributed by atoms with Crippen LogP contribution in [-0.2, 0) is 24.1 Å². The van der Waals surface area contributed by atoms with Crippen LogP contribution in [0.25, 0.3) is 0 Å². The maximum Gasteiger partial charge on any atom is 0.330 e. The molecule has 0 saturated carbocycles. The van der Waals surface area contributed by atoms with Crippen molar-refractivity contribution in [2.24, 2.45) is 14.1 Å². The van der Waals surface area contributed by atoms with Gasteiger partial charge in [-0.25, -0.2) is 13.2 Å². The van der Waals surface area contributed by atoms with Crippen molar-refractivity contribution in [3.05, 3.63) is 27.0 Å². The fourth-order valence-electron chi connectivity index (χ4n) is 2.78. The Balaban J connectivity index is 2.59. The van der Waals surface area contributed by atoms with E-state index in [4.69, 9.17) is 0 Å². The molecule has 1 aliphatic rings. The van der Waals surface area contributed by atoms with Crippen LogP contribution in [0.3, 0.4) is 0 Å². The van der Waals surface area contributed by atoms with Crippen LogP contribution in [0.1, 0.15) is 32.6 Å². The number of rotatable bonds is 3. The lowest BCUT2D eigenvalue weighted by Crippen LogP contribution is -2.47. The Morgan fingerprint density at radius 2 is 1.90 bits per heavy atom. The Kier molecular flexibility index (Phi) is 4.38. The van der Waals surface area contributed by atoms with Gasteiger partial charge in [0.1, 0.15) is 0 Å². The van der Waals surface area contributed by atoms with E-state index in [0.717, 1.165) is 34.6 Å². The van der Waals surface area contributed by atoms with Gasteiger partial charge in [-0.05, 0) is 19.3 Å². The lowest BCUT2D eigenvalue weighted by molar-refractivity contribution is 0.246. The van der Waals surface area contributed by atoms with Gasteiger partial charge >= 0.3 is 5.69 Å². The second-order valence-electron chi connectivity index (χ2n) is 5.42. The summed E-state index contributed by atoms with van der Waals surface area (Å²) in [5, 5.41) is 0. The summed E-state index contributed by atoms with van der Waals surface area (Å²) < 4.78 is 29.0. The summed E-state index contributed by atoms with van der Waals surface area (Å²) in [5.41, 5.74) is -1.30. The predicted molar refractivity (Wildman–Crippen MR) is 78.7 cm³/mol. The second-order valence-corrected chi connectivity index (χ2v) is 7.28. The normalized spacial score (nSPS) is 20.6. The van der Waals surface area contributed by atoms with E-state index in [9.17, 15) is 18.0 Å². The molecular formula is C13H21N3O4S. The van der Waals surface area contributed by atoms with Gasteiger partial charge in [-0.3, -0.25) is 9.36 Å². The Morgan fingerprint density at radius 1 is 1.24 bits per heavy atom. The van der Waals surface area contributed by atoms with Crippen LogP contribution in [0.15, 0.2) is 20.7 Å². The quantitative estimate of drug-likeness (QED) is 0.788. The Hall–Kier alpha value is -1.41. The highest BCUT2D eigenvalue weighted by Gasteiger charge is 2.34. The lowest BCUT2D eigenvalue weighted by Gasteiger charge is -2.33. The summed E-state index contributed by atoms with van der Waals surface area (Å²) in [6, 6.07) is -0.0781. The minimum Gasteiger partial charge on any atom is -0.302 e. The molecule has 8 heteroatoms. The lowest BCUT2D eigenvalue weighted by atomic mass is 10.0. The van der Waals surface area contributed by atoms with E-state index in [1.807, 2.05) is 6.92 Å². The van der Waals surface area contributed by atoms with Crippen LogP contribution in [-0.4, -0.2) is 34.4 Å². The van der Waals surface area contributed by atoms with Crippen molar-refractivity contribution in [1.82, 2.24) is 13.4 Å². The first kappa shape index (κ1) is 16.0. The average Bonchev–Trinajstić information content (AvgIpc) is 2.48. The molecule has 1 aromatic heterocycles. The van der Waals surface area contributed by atoms with Crippen molar-refractivity contribution in [1.29, 1.82) is 0 Å². The molecule has 0 N–H and O–H groups in total. The molecule has 0 unspecified atom stereocenters. The summed E-state index contributed by atoms with van der Waals surface area (Å²) in [5.74, 6) is 0. The molecule has 21 heavy (non-hydrogen) atoms. The van der Waals surface area contributed by atoms with E-state index in [1.165, 1.54) is 18.4 Å². The van der Waals surface area contributed by atoms with E-state index < -0.39 is 21.3 Å². The molecule has 118 valence electrons. The zero-order valence-electron chi connectivity index (χ0n) is 12.6. The van der Waals surface area contributed by atoms with Crippen molar-refractivity contribution in [2.75, 3.05) is 6.54 Å². The van der Waals surface area contributed by atoms with Gasteiger partial charge in [0.25, 0.3) is 5.56 Å². The van der Waals surface area contributed by atoms with Crippen LogP contribution >= 0.6 is 0 Å². The van der Waals surface area contributed by atoms with Crippen LogP contribution in [0.5, 0.6) is 0 Å². The van der Waals surface area contributed by atoms with Crippen LogP contribution in [0.4, 0.5) is 0 Å². The van der Waals surface area contributed by atoms with Gasteiger partial charge < -0.3 is 4.57 Å². The van der Waals surface area contributed by atoms with E-state index >= 15 is 0 Å². The largest absolute Gasteiger partial charge is 0.330 e. The minimum atomic E-state index is -3.88. The fraction of sp³-hybridized carbons (Fsp3) is 0.692. The number of piperidine rings is 1. The second kappa shape index (κ2) is 5.76. The number of hydrogen-bond donors (Lipinski definition) is 0. The van der Waals surface area contributed by atoms with E-state index in [-0.39, 0.29) is 10.9 Å². The molecule has 1 atom stereocenters. The summed E-state index contributed by atoms with van der Waals surface area (Å²) in [6.07, 6.45) is 4.44. The van der Waals surface area contributed by atoms with Crippen molar-refractivity contribution in [3.8, 4) is 0 Å². The molecule has 7 nitrogen and oxygen atoms in total. The van der Waals surface area contributed by atoms with Crippen molar-refractivity contribution < 1.29 is 8.42 Å². The molecule has 0 aromatic carbocycles. The van der Waals surface area contributed by atoms with Gasteiger partial charge in [0.05, 0.1) is 0 Å². The number of hydrogen-bond acceptors (Lipinski definition) is 4. The zero-order chi connectivity index (χ0) is 15.8. The van der Waals surface area contributed by atoms with Crippen LogP contribution in [0, 0.1) is 0 Å². The number of nitrogens with zero attached hydrogens (tertiary/aromatic N) is 3. The van der Waals surface area contributed by atoms with Gasteiger partial charge in [-0.1, -0.05) is 13.3 Å². The molecule has 1 aromatic rings. The molecule has 0 radical (unpaired) electrons. The average molecular weight is 315 g/mol. The number of aromatic nitrogens is 2.